The van der Waals surface area contributed by atoms with E-state index in [9.17, 15) is 5.11 Å². The van der Waals surface area contributed by atoms with Gasteiger partial charge in [0.15, 0.2) is 0 Å². The first kappa shape index (κ1) is 11.6. The lowest BCUT2D eigenvalue weighted by molar-refractivity contribution is 0.111. The van der Waals surface area contributed by atoms with Crippen LogP contribution in [0.25, 0.3) is 0 Å². The summed E-state index contributed by atoms with van der Waals surface area (Å²) in [6, 6.07) is 8.27. The quantitative estimate of drug-likeness (QED) is 0.817. The number of aliphatic hydroxyl groups excluding tert-OH is 1. The Hall–Kier alpha value is -0.860. The zero-order valence-corrected chi connectivity index (χ0v) is 9.73. The van der Waals surface area contributed by atoms with Crippen LogP contribution in [0.4, 0.5) is 0 Å². The fraction of sp³-hybridized carbons (Fsp3) is 0.571. The van der Waals surface area contributed by atoms with E-state index in [1.54, 1.807) is 0 Å². The third-order valence-corrected chi connectivity index (χ3v) is 3.60. The van der Waals surface area contributed by atoms with E-state index in [2.05, 4.69) is 12.1 Å². The first-order valence-electron chi connectivity index (χ1n) is 6.28. The SMILES string of the molecule is NCCc1ccc(C(O)C2CCCC2)cc1. The second-order valence-electron chi connectivity index (χ2n) is 4.77. The predicted octanol–water partition coefficient (Wildman–Crippen LogP) is 2.41. The van der Waals surface area contributed by atoms with Crippen molar-refractivity contribution < 1.29 is 5.11 Å². The molecule has 1 unspecified atom stereocenters. The number of hydrogen-bond acceptors (Lipinski definition) is 2. The van der Waals surface area contributed by atoms with Gasteiger partial charge < -0.3 is 10.8 Å². The summed E-state index contributed by atoms with van der Waals surface area (Å²) in [6.45, 7) is 0.685. The maximum Gasteiger partial charge on any atom is 0.0818 e. The molecule has 0 amide bonds. The van der Waals surface area contributed by atoms with Crippen molar-refractivity contribution in [1.82, 2.24) is 0 Å². The molecule has 0 aliphatic heterocycles. The van der Waals surface area contributed by atoms with Gasteiger partial charge >= 0.3 is 0 Å². The Morgan fingerprint density at radius 1 is 1.19 bits per heavy atom. The molecule has 1 aromatic carbocycles. The third-order valence-electron chi connectivity index (χ3n) is 3.60. The average molecular weight is 219 g/mol. The number of hydrogen-bond donors (Lipinski definition) is 2. The van der Waals surface area contributed by atoms with Gasteiger partial charge in [0.05, 0.1) is 6.10 Å². The summed E-state index contributed by atoms with van der Waals surface area (Å²) >= 11 is 0. The normalized spacial score (nSPS) is 18.9. The molecule has 16 heavy (non-hydrogen) atoms. The van der Waals surface area contributed by atoms with Crippen LogP contribution in [0.3, 0.4) is 0 Å². The van der Waals surface area contributed by atoms with E-state index in [1.807, 2.05) is 12.1 Å². The monoisotopic (exact) mass is 219 g/mol. The molecule has 0 aromatic heterocycles. The van der Waals surface area contributed by atoms with Crippen LogP contribution in [0.1, 0.15) is 42.9 Å². The first-order chi connectivity index (χ1) is 7.81. The van der Waals surface area contributed by atoms with E-state index in [0.717, 1.165) is 12.0 Å². The minimum Gasteiger partial charge on any atom is -0.388 e. The highest BCUT2D eigenvalue weighted by molar-refractivity contribution is 5.25. The average Bonchev–Trinajstić information content (AvgIpc) is 2.83. The van der Waals surface area contributed by atoms with Gasteiger partial charge in [-0.15, -0.1) is 0 Å². The second kappa shape index (κ2) is 5.46. The van der Waals surface area contributed by atoms with E-state index in [4.69, 9.17) is 5.73 Å². The Bertz CT molecular complexity index is 314. The van der Waals surface area contributed by atoms with E-state index in [-0.39, 0.29) is 6.10 Å². The Balaban J connectivity index is 2.02. The zero-order valence-electron chi connectivity index (χ0n) is 9.73. The van der Waals surface area contributed by atoms with Crippen molar-refractivity contribution in [3.63, 3.8) is 0 Å². The summed E-state index contributed by atoms with van der Waals surface area (Å²) in [5, 5.41) is 10.2. The number of benzene rings is 1. The van der Waals surface area contributed by atoms with Gasteiger partial charge in [-0.2, -0.15) is 0 Å². The molecule has 0 saturated heterocycles. The van der Waals surface area contributed by atoms with Crippen LogP contribution in [-0.4, -0.2) is 11.7 Å². The van der Waals surface area contributed by atoms with Crippen molar-refractivity contribution in [3.05, 3.63) is 35.4 Å². The van der Waals surface area contributed by atoms with Gasteiger partial charge in [0.1, 0.15) is 0 Å². The fourth-order valence-corrected chi connectivity index (χ4v) is 2.59. The van der Waals surface area contributed by atoms with E-state index in [0.29, 0.717) is 12.5 Å². The van der Waals surface area contributed by atoms with Crippen molar-refractivity contribution >= 4 is 0 Å². The summed E-state index contributed by atoms with van der Waals surface area (Å²) in [7, 11) is 0. The van der Waals surface area contributed by atoms with Crippen LogP contribution in [0, 0.1) is 5.92 Å². The van der Waals surface area contributed by atoms with E-state index >= 15 is 0 Å². The number of aliphatic hydroxyl groups is 1. The predicted molar refractivity (Wildman–Crippen MR) is 66.1 cm³/mol. The summed E-state index contributed by atoms with van der Waals surface area (Å²) in [5.74, 6) is 0.473. The van der Waals surface area contributed by atoms with Crippen LogP contribution in [-0.2, 0) is 6.42 Å². The van der Waals surface area contributed by atoms with Crippen molar-refractivity contribution in [3.8, 4) is 0 Å². The van der Waals surface area contributed by atoms with E-state index in [1.165, 1.54) is 31.2 Å². The van der Waals surface area contributed by atoms with Gasteiger partial charge in [-0.1, -0.05) is 37.1 Å². The Labute approximate surface area is 97.5 Å². The minimum atomic E-state index is -0.269. The summed E-state index contributed by atoms with van der Waals surface area (Å²) < 4.78 is 0. The second-order valence-corrected chi connectivity index (χ2v) is 4.77. The Morgan fingerprint density at radius 3 is 2.38 bits per heavy atom. The molecule has 2 heteroatoms. The minimum absolute atomic E-state index is 0.269. The lowest BCUT2D eigenvalue weighted by Crippen LogP contribution is -2.09. The molecule has 0 spiro atoms. The molecule has 3 N–H and O–H groups in total. The van der Waals surface area contributed by atoms with Crippen LogP contribution in [0.2, 0.25) is 0 Å². The molecule has 0 heterocycles. The molecule has 2 rings (SSSR count). The molecule has 1 fully saturated rings. The van der Waals surface area contributed by atoms with Crippen LogP contribution >= 0.6 is 0 Å². The van der Waals surface area contributed by atoms with Crippen molar-refractivity contribution in [1.29, 1.82) is 0 Å². The van der Waals surface area contributed by atoms with Gasteiger partial charge in [-0.3, -0.25) is 0 Å². The van der Waals surface area contributed by atoms with Gasteiger partial charge in [-0.05, 0) is 42.9 Å². The molecule has 1 aromatic rings. The Kier molecular flexibility index (Phi) is 3.97. The molecular formula is C14H21NO. The van der Waals surface area contributed by atoms with Crippen molar-refractivity contribution in [2.75, 3.05) is 6.54 Å². The van der Waals surface area contributed by atoms with E-state index < -0.39 is 0 Å². The lowest BCUT2D eigenvalue weighted by Gasteiger charge is -2.18. The third kappa shape index (κ3) is 2.63. The number of rotatable bonds is 4. The van der Waals surface area contributed by atoms with Crippen LogP contribution < -0.4 is 5.73 Å². The lowest BCUT2D eigenvalue weighted by atomic mass is 9.93. The standard InChI is InChI=1S/C14H21NO/c15-10-9-11-5-7-13(8-6-11)14(16)12-3-1-2-4-12/h5-8,12,14,16H,1-4,9-10,15H2. The van der Waals surface area contributed by atoms with Gasteiger partial charge in [0, 0.05) is 0 Å². The molecule has 1 atom stereocenters. The fourth-order valence-electron chi connectivity index (χ4n) is 2.59. The maximum absolute atomic E-state index is 10.2. The summed E-state index contributed by atoms with van der Waals surface area (Å²) in [4.78, 5) is 0. The largest absolute Gasteiger partial charge is 0.388 e. The Morgan fingerprint density at radius 2 is 1.81 bits per heavy atom. The van der Waals surface area contributed by atoms with Gasteiger partial charge in [-0.25, -0.2) is 0 Å². The highest BCUT2D eigenvalue weighted by atomic mass is 16.3. The van der Waals surface area contributed by atoms with Crippen molar-refractivity contribution in [2.24, 2.45) is 11.7 Å². The van der Waals surface area contributed by atoms with Gasteiger partial charge in [0.25, 0.3) is 0 Å². The first-order valence-corrected chi connectivity index (χ1v) is 6.28. The maximum atomic E-state index is 10.2. The van der Waals surface area contributed by atoms with Crippen LogP contribution in [0.5, 0.6) is 0 Å². The topological polar surface area (TPSA) is 46.2 Å². The summed E-state index contributed by atoms with van der Waals surface area (Å²) in [6.07, 6.45) is 5.53. The summed E-state index contributed by atoms with van der Waals surface area (Å²) in [5.41, 5.74) is 7.83. The highest BCUT2D eigenvalue weighted by Crippen LogP contribution is 2.35. The molecule has 0 bridgehead atoms. The molecule has 88 valence electrons. The molecule has 1 aliphatic carbocycles. The van der Waals surface area contributed by atoms with Crippen molar-refractivity contribution in [2.45, 2.75) is 38.2 Å². The molecule has 1 saturated carbocycles. The smallest absolute Gasteiger partial charge is 0.0818 e. The zero-order chi connectivity index (χ0) is 11.4. The van der Waals surface area contributed by atoms with Crippen LogP contribution in [0.15, 0.2) is 24.3 Å². The molecule has 1 aliphatic rings. The highest BCUT2D eigenvalue weighted by Gasteiger charge is 2.24. The molecule has 2 nitrogen and oxygen atoms in total. The molecular weight excluding hydrogens is 198 g/mol. The number of nitrogens with two attached hydrogens (primary N) is 1. The van der Waals surface area contributed by atoms with Gasteiger partial charge in [0.2, 0.25) is 0 Å². The molecule has 0 radical (unpaired) electrons.